The van der Waals surface area contributed by atoms with Crippen molar-refractivity contribution in [3.05, 3.63) is 83.4 Å². The summed E-state index contributed by atoms with van der Waals surface area (Å²) in [5.74, 6) is 3.46. The van der Waals surface area contributed by atoms with Crippen molar-refractivity contribution in [3.8, 4) is 17.2 Å². The van der Waals surface area contributed by atoms with E-state index < -0.39 is 0 Å². The molecule has 250 valence electrons. The second kappa shape index (κ2) is 14.7. The fourth-order valence-corrected chi connectivity index (χ4v) is 8.48. The van der Waals surface area contributed by atoms with Crippen LogP contribution in [0.1, 0.15) is 61.1 Å². The Bertz CT molecular complexity index is 1480. The first-order chi connectivity index (χ1) is 23.0. The van der Waals surface area contributed by atoms with Crippen LogP contribution >= 0.6 is 0 Å². The Balaban J connectivity index is 0.856. The van der Waals surface area contributed by atoms with Gasteiger partial charge in [-0.3, -0.25) is 4.79 Å². The minimum absolute atomic E-state index is 0.00204. The summed E-state index contributed by atoms with van der Waals surface area (Å²) in [4.78, 5) is 11.6. The summed E-state index contributed by atoms with van der Waals surface area (Å²) in [6.07, 6.45) is 8.98. The van der Waals surface area contributed by atoms with Crippen LogP contribution in [0.4, 0.5) is 5.69 Å². The van der Waals surface area contributed by atoms with Crippen LogP contribution in [0, 0.1) is 11.8 Å². The van der Waals surface area contributed by atoms with Crippen molar-refractivity contribution >= 4 is 11.6 Å². The van der Waals surface area contributed by atoms with Gasteiger partial charge in [0.1, 0.15) is 43.0 Å². The molecule has 1 saturated carbocycles. The molecule has 4 heterocycles. The van der Waals surface area contributed by atoms with E-state index in [9.17, 15) is 9.90 Å². The zero-order valence-corrected chi connectivity index (χ0v) is 27.5. The first-order valence-electron chi connectivity index (χ1n) is 17.8. The molecule has 4 aliphatic heterocycles. The molecule has 3 N–H and O–H groups in total. The number of quaternary nitrogens is 1. The third kappa shape index (κ3) is 7.77. The lowest BCUT2D eigenvalue weighted by Gasteiger charge is -2.52. The molecule has 3 saturated heterocycles. The molecule has 5 aliphatic rings. The van der Waals surface area contributed by atoms with Gasteiger partial charge in [0.25, 0.3) is 5.91 Å². The Morgan fingerprint density at radius 3 is 2.57 bits per heavy atom. The van der Waals surface area contributed by atoms with Crippen molar-refractivity contribution in [2.75, 3.05) is 57.9 Å². The van der Waals surface area contributed by atoms with Gasteiger partial charge in [0.2, 0.25) is 0 Å². The van der Waals surface area contributed by atoms with Gasteiger partial charge in [-0.05, 0) is 61.1 Å². The number of piperidine rings is 3. The molecule has 1 aliphatic carbocycles. The first-order valence-corrected chi connectivity index (χ1v) is 17.8. The number of nitrogens with one attached hydrogen (secondary N) is 2. The van der Waals surface area contributed by atoms with Gasteiger partial charge in [-0.2, -0.15) is 0 Å². The van der Waals surface area contributed by atoms with Gasteiger partial charge in [0.05, 0.1) is 25.4 Å². The standard InChI is InChI=1S/C39H49N3O5/c43-33-22-32(39-36(23-33)41-38(44)27-47-39)14-17-40-24-28-10-12-34(13-11-28)45-21-20-42-18-15-31(16-19-42)37(25-42)46-26-35(30-8-4-5-9-30)29-6-2-1-3-7-29/h1-3,6-7,10-13,22-23,30-31,35,37,40H,4-5,8-9,14-21,24-27H2,(H-,41,43,44)/p+1/t31?,35?,37-,42?/m1/s1. The van der Waals surface area contributed by atoms with E-state index in [1.807, 2.05) is 0 Å². The molecule has 1 amide bonds. The van der Waals surface area contributed by atoms with Crippen LogP contribution in [0.3, 0.4) is 0 Å². The Morgan fingerprint density at radius 2 is 1.79 bits per heavy atom. The highest BCUT2D eigenvalue weighted by molar-refractivity contribution is 5.96. The van der Waals surface area contributed by atoms with Gasteiger partial charge in [0, 0.05) is 42.9 Å². The number of hydrogen-bond donors (Lipinski definition) is 3. The minimum Gasteiger partial charge on any atom is -0.508 e. The number of phenols is 1. The predicted octanol–water partition coefficient (Wildman–Crippen LogP) is 6.03. The summed E-state index contributed by atoms with van der Waals surface area (Å²) in [5.41, 5.74) is 4.05. The number of rotatable bonds is 14. The molecular formula is C39H50N3O5+. The third-order valence-electron chi connectivity index (χ3n) is 11.2. The lowest BCUT2D eigenvalue weighted by atomic mass is 9.82. The molecule has 2 bridgehead atoms. The summed E-state index contributed by atoms with van der Waals surface area (Å²) < 4.78 is 19.9. The molecule has 0 aromatic heterocycles. The number of phenolic OH excluding ortho intramolecular Hbond substituents is 1. The minimum atomic E-state index is -0.208. The largest absolute Gasteiger partial charge is 0.508 e. The molecule has 3 aromatic carbocycles. The molecule has 8 nitrogen and oxygen atoms in total. The maximum absolute atomic E-state index is 11.6. The molecule has 1 unspecified atom stereocenters. The molecule has 4 fully saturated rings. The summed E-state index contributed by atoms with van der Waals surface area (Å²) >= 11 is 0. The topological polar surface area (TPSA) is 89.1 Å². The van der Waals surface area contributed by atoms with E-state index in [-0.39, 0.29) is 18.3 Å². The normalized spacial score (nSPS) is 24.4. The summed E-state index contributed by atoms with van der Waals surface area (Å²) in [6, 6.07) is 22.7. The number of carbonyl (C=O) groups is 1. The zero-order chi connectivity index (χ0) is 32.1. The number of aromatic hydroxyl groups is 1. The van der Waals surface area contributed by atoms with E-state index in [0.717, 1.165) is 54.6 Å². The molecule has 3 aromatic rings. The van der Waals surface area contributed by atoms with Crippen LogP contribution in [0.15, 0.2) is 66.7 Å². The molecule has 0 spiro atoms. The van der Waals surface area contributed by atoms with Crippen molar-refractivity contribution < 1.29 is 28.6 Å². The fraction of sp³-hybridized carbons (Fsp3) is 0.513. The van der Waals surface area contributed by atoms with Crippen molar-refractivity contribution in [2.45, 2.75) is 63.5 Å². The van der Waals surface area contributed by atoms with Gasteiger partial charge >= 0.3 is 0 Å². The Kier molecular flexibility index (Phi) is 9.98. The summed E-state index contributed by atoms with van der Waals surface area (Å²) in [5, 5.41) is 16.3. The van der Waals surface area contributed by atoms with E-state index >= 15 is 0 Å². The van der Waals surface area contributed by atoms with E-state index in [2.05, 4.69) is 65.2 Å². The SMILES string of the molecule is O=C1COc2c(CCNCc3ccc(OCC[N+]45CCC(CC4)[C@H](OCC(c4ccccc4)C4CCCC4)C5)cc3)cc(O)cc2N1. The highest BCUT2D eigenvalue weighted by Crippen LogP contribution is 2.40. The smallest absolute Gasteiger partial charge is 0.262 e. The van der Waals surface area contributed by atoms with Crippen LogP contribution in [-0.4, -0.2) is 74.1 Å². The highest BCUT2D eigenvalue weighted by atomic mass is 16.5. The van der Waals surface area contributed by atoms with Crippen LogP contribution in [0.2, 0.25) is 0 Å². The second-order valence-corrected chi connectivity index (χ2v) is 14.2. The van der Waals surface area contributed by atoms with E-state index in [0.29, 0.717) is 42.3 Å². The Hall–Kier alpha value is -3.59. The molecular weight excluding hydrogens is 590 g/mol. The second-order valence-electron chi connectivity index (χ2n) is 14.2. The quantitative estimate of drug-likeness (QED) is 0.147. The summed E-state index contributed by atoms with van der Waals surface area (Å²) in [6.45, 7) is 7.67. The average Bonchev–Trinajstić information content (AvgIpc) is 3.63. The average molecular weight is 641 g/mol. The predicted molar refractivity (Wildman–Crippen MR) is 183 cm³/mol. The van der Waals surface area contributed by atoms with E-state index in [1.54, 1.807) is 6.07 Å². The van der Waals surface area contributed by atoms with Crippen molar-refractivity contribution in [1.82, 2.24) is 5.32 Å². The lowest BCUT2D eigenvalue weighted by molar-refractivity contribution is -0.946. The van der Waals surface area contributed by atoms with Gasteiger partial charge in [-0.1, -0.05) is 55.3 Å². The Labute approximate surface area is 279 Å². The number of anilines is 1. The van der Waals surface area contributed by atoms with E-state index in [4.69, 9.17) is 14.2 Å². The van der Waals surface area contributed by atoms with Crippen molar-refractivity contribution in [2.24, 2.45) is 11.8 Å². The highest BCUT2D eigenvalue weighted by Gasteiger charge is 2.46. The van der Waals surface area contributed by atoms with Crippen LogP contribution in [0.5, 0.6) is 17.2 Å². The fourth-order valence-electron chi connectivity index (χ4n) is 8.48. The zero-order valence-electron chi connectivity index (χ0n) is 27.5. The number of fused-ring (bicyclic) bond motifs is 4. The molecule has 8 heteroatoms. The van der Waals surface area contributed by atoms with Gasteiger partial charge in [-0.25, -0.2) is 0 Å². The maximum atomic E-state index is 11.6. The van der Waals surface area contributed by atoms with Crippen LogP contribution < -0.4 is 20.1 Å². The third-order valence-corrected chi connectivity index (χ3v) is 11.2. The number of nitrogens with zero attached hydrogens (tertiary/aromatic N) is 1. The maximum Gasteiger partial charge on any atom is 0.262 e. The monoisotopic (exact) mass is 640 g/mol. The number of amides is 1. The number of hydrogen-bond acceptors (Lipinski definition) is 6. The molecule has 8 rings (SSSR count). The molecule has 47 heavy (non-hydrogen) atoms. The first kappa shape index (κ1) is 32.0. The van der Waals surface area contributed by atoms with Crippen LogP contribution in [0.25, 0.3) is 0 Å². The van der Waals surface area contributed by atoms with E-state index in [1.165, 1.54) is 68.8 Å². The number of benzene rings is 3. The van der Waals surface area contributed by atoms with Crippen molar-refractivity contribution in [1.29, 1.82) is 0 Å². The lowest BCUT2D eigenvalue weighted by Crippen LogP contribution is -2.65. The summed E-state index contributed by atoms with van der Waals surface area (Å²) in [7, 11) is 0. The van der Waals surface area contributed by atoms with Gasteiger partial charge < -0.3 is 34.4 Å². The molecule has 2 atom stereocenters. The Morgan fingerprint density at radius 1 is 1.00 bits per heavy atom. The number of ether oxygens (including phenoxy) is 3. The number of carbonyl (C=O) groups excluding carboxylic acids is 1. The van der Waals surface area contributed by atoms with Crippen LogP contribution in [-0.2, 0) is 22.5 Å². The molecule has 0 radical (unpaired) electrons. The van der Waals surface area contributed by atoms with Gasteiger partial charge in [-0.15, -0.1) is 0 Å². The van der Waals surface area contributed by atoms with Crippen molar-refractivity contribution in [3.63, 3.8) is 0 Å². The van der Waals surface area contributed by atoms with Gasteiger partial charge in [0.15, 0.2) is 6.61 Å².